The van der Waals surface area contributed by atoms with Crippen molar-refractivity contribution in [1.82, 2.24) is 16.0 Å². The maximum atomic E-state index is 12.2. The molecule has 0 saturated carbocycles. The lowest BCUT2D eigenvalue weighted by Gasteiger charge is -2.21. The molecule has 3 atom stereocenters. The third kappa shape index (κ3) is 10.9. The van der Waals surface area contributed by atoms with Gasteiger partial charge in [-0.25, -0.2) is 0 Å². The molecule has 154 valence electrons. The molecule has 0 rings (SSSR count). The molecule has 0 aliphatic heterocycles. The van der Waals surface area contributed by atoms with E-state index in [0.717, 1.165) is 0 Å². The summed E-state index contributed by atoms with van der Waals surface area (Å²) >= 11 is 4.01. The highest BCUT2D eigenvalue weighted by molar-refractivity contribution is 7.80. The number of guanidine groups is 1. The third-order valence-corrected chi connectivity index (χ3v) is 3.65. The van der Waals surface area contributed by atoms with Crippen LogP contribution in [0.4, 0.5) is 0 Å². The molecule has 0 fully saturated rings. The maximum Gasteiger partial charge on any atom is 0.322 e. The van der Waals surface area contributed by atoms with Crippen LogP contribution in [0.2, 0.25) is 0 Å². The topological polar surface area (TPSA) is 215 Å². The zero-order chi connectivity index (χ0) is 21.0. The standard InChI is InChI=1S/C14H27N7O5S/c1-7(11(24)19-5-10(22)23)20-13(26)9(6-27)21-12(25)8(15)3-2-4-18-14(16)17/h7-9,27H,2-6,15H2,1H3,(H,19,24)(H,20,26)(H,21,25)(H,22,23)(H4,16,17,18). The Kier molecular flexibility index (Phi) is 11.6. The SMILES string of the molecule is CC(NC(=O)C(CS)NC(=O)C(N)CCCN=C(N)N)C(=O)NCC(=O)O. The van der Waals surface area contributed by atoms with Crippen molar-refractivity contribution in [3.8, 4) is 0 Å². The van der Waals surface area contributed by atoms with E-state index in [9.17, 15) is 19.2 Å². The lowest BCUT2D eigenvalue weighted by molar-refractivity contribution is -0.138. The van der Waals surface area contributed by atoms with E-state index < -0.39 is 48.4 Å². The van der Waals surface area contributed by atoms with Gasteiger partial charge in [0.25, 0.3) is 0 Å². The number of carbonyl (C=O) groups is 4. The van der Waals surface area contributed by atoms with Gasteiger partial charge in [-0.3, -0.25) is 24.2 Å². The first-order valence-electron chi connectivity index (χ1n) is 8.10. The highest BCUT2D eigenvalue weighted by Crippen LogP contribution is 1.98. The quantitative estimate of drug-likeness (QED) is 0.0703. The van der Waals surface area contributed by atoms with Crippen molar-refractivity contribution in [2.75, 3.05) is 18.8 Å². The Labute approximate surface area is 162 Å². The molecule has 0 aromatic heterocycles. The minimum atomic E-state index is -1.21. The second-order valence-corrected chi connectivity index (χ2v) is 6.01. The minimum absolute atomic E-state index is 0.0260. The average molecular weight is 405 g/mol. The number of carboxylic acids is 1. The van der Waals surface area contributed by atoms with Crippen LogP contribution >= 0.6 is 12.6 Å². The molecule has 0 aliphatic rings. The van der Waals surface area contributed by atoms with Crippen LogP contribution in [0.25, 0.3) is 0 Å². The Morgan fingerprint density at radius 1 is 1.11 bits per heavy atom. The Morgan fingerprint density at radius 2 is 1.74 bits per heavy atom. The Hall–Kier alpha value is -2.54. The molecule has 27 heavy (non-hydrogen) atoms. The molecule has 3 unspecified atom stereocenters. The van der Waals surface area contributed by atoms with Crippen LogP contribution in [0.1, 0.15) is 19.8 Å². The molecule has 0 bridgehead atoms. The molecule has 0 saturated heterocycles. The fourth-order valence-electron chi connectivity index (χ4n) is 1.82. The number of aliphatic carboxylic acids is 1. The molecular formula is C14H27N7O5S. The first-order valence-corrected chi connectivity index (χ1v) is 8.73. The zero-order valence-corrected chi connectivity index (χ0v) is 15.9. The van der Waals surface area contributed by atoms with Crippen LogP contribution in [0, 0.1) is 0 Å². The van der Waals surface area contributed by atoms with Gasteiger partial charge < -0.3 is 38.3 Å². The molecule has 12 nitrogen and oxygen atoms in total. The Morgan fingerprint density at radius 3 is 2.26 bits per heavy atom. The highest BCUT2D eigenvalue weighted by Gasteiger charge is 2.25. The number of carboxylic acid groups (broad SMARTS) is 1. The van der Waals surface area contributed by atoms with Crippen molar-refractivity contribution < 1.29 is 24.3 Å². The van der Waals surface area contributed by atoms with Crippen LogP contribution in [0.15, 0.2) is 4.99 Å². The average Bonchev–Trinajstić information content (AvgIpc) is 2.60. The largest absolute Gasteiger partial charge is 0.480 e. The van der Waals surface area contributed by atoms with Gasteiger partial charge in [0, 0.05) is 12.3 Å². The van der Waals surface area contributed by atoms with Gasteiger partial charge in [0.2, 0.25) is 17.7 Å². The van der Waals surface area contributed by atoms with Crippen LogP contribution < -0.4 is 33.2 Å². The number of thiol groups is 1. The van der Waals surface area contributed by atoms with Crippen molar-refractivity contribution in [3.05, 3.63) is 0 Å². The minimum Gasteiger partial charge on any atom is -0.480 e. The molecule has 13 heteroatoms. The summed E-state index contributed by atoms with van der Waals surface area (Å²) in [6.45, 7) is 1.13. The predicted molar refractivity (Wildman–Crippen MR) is 102 cm³/mol. The number of rotatable bonds is 12. The fourth-order valence-corrected chi connectivity index (χ4v) is 2.08. The van der Waals surface area contributed by atoms with Gasteiger partial charge in [0.15, 0.2) is 5.96 Å². The number of amides is 3. The smallest absolute Gasteiger partial charge is 0.322 e. The summed E-state index contributed by atoms with van der Waals surface area (Å²) in [7, 11) is 0. The van der Waals surface area contributed by atoms with Crippen LogP contribution in [-0.2, 0) is 19.2 Å². The summed E-state index contributed by atoms with van der Waals surface area (Å²) < 4.78 is 0. The second kappa shape index (κ2) is 12.8. The van der Waals surface area contributed by atoms with Crippen LogP contribution in [0.3, 0.4) is 0 Å². The van der Waals surface area contributed by atoms with E-state index in [1.165, 1.54) is 6.92 Å². The number of nitrogens with one attached hydrogen (secondary N) is 3. The number of nitrogens with two attached hydrogens (primary N) is 3. The summed E-state index contributed by atoms with van der Waals surface area (Å²) in [5.41, 5.74) is 16.1. The molecular weight excluding hydrogens is 378 g/mol. The number of hydrogen-bond acceptors (Lipinski definition) is 7. The van der Waals surface area contributed by atoms with Crippen molar-refractivity contribution in [1.29, 1.82) is 0 Å². The highest BCUT2D eigenvalue weighted by atomic mass is 32.1. The van der Waals surface area contributed by atoms with Crippen LogP contribution in [-0.4, -0.2) is 71.7 Å². The summed E-state index contributed by atoms with van der Waals surface area (Å²) in [4.78, 5) is 50.1. The Balaban J connectivity index is 4.49. The van der Waals surface area contributed by atoms with Crippen molar-refractivity contribution in [3.63, 3.8) is 0 Å². The summed E-state index contributed by atoms with van der Waals surface area (Å²) in [5.74, 6) is -3.17. The molecule has 0 radical (unpaired) electrons. The monoisotopic (exact) mass is 405 g/mol. The van der Waals surface area contributed by atoms with Crippen LogP contribution in [0.5, 0.6) is 0 Å². The molecule has 0 aromatic rings. The number of carbonyl (C=O) groups excluding carboxylic acids is 3. The molecule has 0 spiro atoms. The van der Waals surface area contributed by atoms with E-state index in [4.69, 9.17) is 22.3 Å². The van der Waals surface area contributed by atoms with E-state index in [2.05, 4.69) is 33.6 Å². The summed E-state index contributed by atoms with van der Waals surface area (Å²) in [5, 5.41) is 15.5. The van der Waals surface area contributed by atoms with Crippen molar-refractivity contribution in [2.45, 2.75) is 37.9 Å². The zero-order valence-electron chi connectivity index (χ0n) is 15.0. The summed E-state index contributed by atoms with van der Waals surface area (Å²) in [6.07, 6.45) is 0.780. The number of hydrogen-bond donors (Lipinski definition) is 8. The Bertz CT molecular complexity index is 568. The number of aliphatic imine (C=N–C) groups is 1. The molecule has 3 amide bonds. The fraction of sp³-hybridized carbons (Fsp3) is 0.643. The first-order chi connectivity index (χ1) is 12.6. The van der Waals surface area contributed by atoms with E-state index in [0.29, 0.717) is 19.4 Å². The second-order valence-electron chi connectivity index (χ2n) is 5.64. The molecule has 0 heterocycles. The lowest BCUT2D eigenvalue weighted by atomic mass is 10.1. The van der Waals surface area contributed by atoms with E-state index in [1.54, 1.807) is 0 Å². The van der Waals surface area contributed by atoms with Crippen molar-refractivity contribution >= 4 is 42.3 Å². The first kappa shape index (κ1) is 24.5. The lowest BCUT2D eigenvalue weighted by Crippen LogP contribution is -2.56. The van der Waals surface area contributed by atoms with Gasteiger partial charge in [-0.1, -0.05) is 0 Å². The predicted octanol–water partition coefficient (Wildman–Crippen LogP) is -3.51. The van der Waals surface area contributed by atoms with Crippen molar-refractivity contribution in [2.24, 2.45) is 22.2 Å². The van der Waals surface area contributed by atoms with Gasteiger partial charge in [-0.2, -0.15) is 12.6 Å². The number of nitrogens with zero attached hydrogens (tertiary/aromatic N) is 1. The van der Waals surface area contributed by atoms with E-state index >= 15 is 0 Å². The molecule has 0 aromatic carbocycles. The normalized spacial score (nSPS) is 13.6. The van der Waals surface area contributed by atoms with E-state index in [1.807, 2.05) is 0 Å². The van der Waals surface area contributed by atoms with Gasteiger partial charge in [-0.05, 0) is 19.8 Å². The van der Waals surface area contributed by atoms with Gasteiger partial charge in [0.1, 0.15) is 18.6 Å². The third-order valence-electron chi connectivity index (χ3n) is 3.29. The maximum absolute atomic E-state index is 12.2. The van der Waals surface area contributed by atoms with Gasteiger partial charge >= 0.3 is 5.97 Å². The van der Waals surface area contributed by atoms with Gasteiger partial charge in [0.05, 0.1) is 6.04 Å². The van der Waals surface area contributed by atoms with E-state index in [-0.39, 0.29) is 11.7 Å². The molecule has 0 aliphatic carbocycles. The summed E-state index contributed by atoms with van der Waals surface area (Å²) in [6, 6.07) is -2.88. The van der Waals surface area contributed by atoms with Gasteiger partial charge in [-0.15, -0.1) is 0 Å². The molecule has 10 N–H and O–H groups in total.